The van der Waals surface area contributed by atoms with Gasteiger partial charge in [0.25, 0.3) is 0 Å². The maximum atomic E-state index is 12.8. The minimum Gasteiger partial charge on any atom is -0.313 e. The van der Waals surface area contributed by atoms with E-state index in [0.29, 0.717) is 5.82 Å². The molecular weight excluding hydrogens is 312 g/mol. The van der Waals surface area contributed by atoms with Crippen molar-refractivity contribution < 1.29 is 4.79 Å². The zero-order valence-corrected chi connectivity index (χ0v) is 14.4. The van der Waals surface area contributed by atoms with Gasteiger partial charge in [-0.3, -0.25) is 4.79 Å². The van der Waals surface area contributed by atoms with Gasteiger partial charge in [0.2, 0.25) is 0 Å². The lowest BCUT2D eigenvalue weighted by atomic mass is 9.96. The molecule has 1 atom stereocenters. The van der Waals surface area contributed by atoms with E-state index < -0.39 is 5.92 Å². The first-order chi connectivity index (χ1) is 12.3. The highest BCUT2D eigenvalue weighted by molar-refractivity contribution is 5.89. The van der Waals surface area contributed by atoms with E-state index in [0.717, 1.165) is 56.5 Å². The van der Waals surface area contributed by atoms with Gasteiger partial charge in [0.15, 0.2) is 17.5 Å². The predicted octanol–water partition coefficient (Wildman–Crippen LogP) is 2.91. The standard InChI is InChI=1S/C20H22N4O/c21-13-17(20-23-22-19-7-2-1-3-10-24(19)20)18(25)12-14-8-9-15-5-4-6-16(15)11-14/h8-9,11,17H,1-7,10,12H2/t17-/m1/s1. The van der Waals surface area contributed by atoms with Crippen molar-refractivity contribution >= 4 is 5.78 Å². The van der Waals surface area contributed by atoms with E-state index in [2.05, 4.69) is 28.4 Å². The molecule has 1 aromatic heterocycles. The van der Waals surface area contributed by atoms with Crippen molar-refractivity contribution in [2.75, 3.05) is 0 Å². The molecule has 25 heavy (non-hydrogen) atoms. The smallest absolute Gasteiger partial charge is 0.165 e. The number of hydrogen-bond donors (Lipinski definition) is 0. The SMILES string of the molecule is N#C[C@H](C(=O)Cc1ccc2c(c1)CCC2)c1nnc2n1CCCCC2. The summed E-state index contributed by atoms with van der Waals surface area (Å²) in [6.07, 6.45) is 7.89. The number of nitrogens with zero attached hydrogens (tertiary/aromatic N) is 4. The second-order valence-corrected chi connectivity index (χ2v) is 7.10. The number of carbonyl (C=O) groups is 1. The van der Waals surface area contributed by atoms with Crippen molar-refractivity contribution in [3.05, 3.63) is 46.5 Å². The molecule has 1 aromatic carbocycles. The third-order valence-corrected chi connectivity index (χ3v) is 5.39. The Morgan fingerprint density at radius 2 is 2.00 bits per heavy atom. The topological polar surface area (TPSA) is 71.6 Å². The van der Waals surface area contributed by atoms with Crippen LogP contribution in [0.1, 0.15) is 59.9 Å². The number of Topliss-reactive ketones (excluding diaryl/α,β-unsaturated/α-hetero) is 1. The van der Waals surface area contributed by atoms with Gasteiger partial charge in [-0.05, 0) is 48.8 Å². The molecule has 2 aromatic rings. The lowest BCUT2D eigenvalue weighted by Crippen LogP contribution is -2.19. The number of nitriles is 1. The average Bonchev–Trinajstić information content (AvgIpc) is 3.16. The van der Waals surface area contributed by atoms with Gasteiger partial charge in [0.05, 0.1) is 6.07 Å². The summed E-state index contributed by atoms with van der Waals surface area (Å²) in [6.45, 7) is 0.808. The summed E-state index contributed by atoms with van der Waals surface area (Å²) >= 11 is 0. The number of aryl methyl sites for hydroxylation is 3. The Balaban J connectivity index is 1.56. The van der Waals surface area contributed by atoms with E-state index in [-0.39, 0.29) is 12.2 Å². The molecule has 0 unspecified atom stereocenters. The van der Waals surface area contributed by atoms with Gasteiger partial charge in [-0.1, -0.05) is 24.6 Å². The summed E-state index contributed by atoms with van der Waals surface area (Å²) in [5.41, 5.74) is 3.76. The van der Waals surface area contributed by atoms with E-state index in [1.807, 2.05) is 10.6 Å². The number of rotatable bonds is 4. The Kier molecular flexibility index (Phi) is 4.35. The molecule has 2 heterocycles. The Morgan fingerprint density at radius 3 is 2.88 bits per heavy atom. The monoisotopic (exact) mass is 334 g/mol. The van der Waals surface area contributed by atoms with Gasteiger partial charge >= 0.3 is 0 Å². The van der Waals surface area contributed by atoms with Crippen molar-refractivity contribution in [3.63, 3.8) is 0 Å². The van der Waals surface area contributed by atoms with Crippen LogP contribution in [0.2, 0.25) is 0 Å². The molecule has 0 N–H and O–H groups in total. The Bertz CT molecular complexity index is 846. The van der Waals surface area contributed by atoms with Gasteiger partial charge < -0.3 is 4.57 Å². The van der Waals surface area contributed by atoms with E-state index in [9.17, 15) is 10.1 Å². The largest absolute Gasteiger partial charge is 0.313 e. The highest BCUT2D eigenvalue weighted by atomic mass is 16.1. The van der Waals surface area contributed by atoms with Crippen LogP contribution in [0.25, 0.3) is 0 Å². The molecule has 0 saturated heterocycles. The minimum atomic E-state index is -0.826. The van der Waals surface area contributed by atoms with E-state index >= 15 is 0 Å². The van der Waals surface area contributed by atoms with Crippen molar-refractivity contribution in [1.82, 2.24) is 14.8 Å². The van der Waals surface area contributed by atoms with Gasteiger partial charge in [-0.25, -0.2) is 0 Å². The summed E-state index contributed by atoms with van der Waals surface area (Å²) in [5, 5.41) is 18.1. The zero-order chi connectivity index (χ0) is 17.2. The van der Waals surface area contributed by atoms with Crippen LogP contribution in [0.3, 0.4) is 0 Å². The van der Waals surface area contributed by atoms with Crippen molar-refractivity contribution in [1.29, 1.82) is 5.26 Å². The van der Waals surface area contributed by atoms with Crippen molar-refractivity contribution in [2.45, 2.75) is 63.8 Å². The molecule has 128 valence electrons. The molecule has 5 heteroatoms. The van der Waals surface area contributed by atoms with E-state index in [1.165, 1.54) is 17.5 Å². The third-order valence-electron chi connectivity index (χ3n) is 5.39. The third kappa shape index (κ3) is 3.09. The molecule has 0 amide bonds. The molecule has 0 radical (unpaired) electrons. The highest BCUT2D eigenvalue weighted by Gasteiger charge is 2.28. The van der Waals surface area contributed by atoms with Crippen LogP contribution in [0.4, 0.5) is 0 Å². The van der Waals surface area contributed by atoms with E-state index in [4.69, 9.17) is 0 Å². The Labute approximate surface area is 147 Å². The second kappa shape index (κ2) is 6.79. The summed E-state index contributed by atoms with van der Waals surface area (Å²) in [6, 6.07) is 8.48. The van der Waals surface area contributed by atoms with Crippen LogP contribution in [0.5, 0.6) is 0 Å². The average molecular weight is 334 g/mol. The summed E-state index contributed by atoms with van der Waals surface area (Å²) < 4.78 is 2.00. The highest BCUT2D eigenvalue weighted by Crippen LogP contribution is 2.25. The summed E-state index contributed by atoms with van der Waals surface area (Å²) in [7, 11) is 0. The molecule has 0 spiro atoms. The second-order valence-electron chi connectivity index (χ2n) is 7.10. The number of hydrogen-bond acceptors (Lipinski definition) is 4. The number of carbonyl (C=O) groups excluding carboxylic acids is 1. The Hall–Kier alpha value is -2.48. The van der Waals surface area contributed by atoms with E-state index in [1.54, 1.807) is 0 Å². The zero-order valence-electron chi connectivity index (χ0n) is 14.4. The molecule has 4 rings (SSSR count). The normalized spacial score (nSPS) is 17.2. The van der Waals surface area contributed by atoms with Crippen LogP contribution in [0.15, 0.2) is 18.2 Å². The van der Waals surface area contributed by atoms with Crippen molar-refractivity contribution in [2.24, 2.45) is 0 Å². The number of benzene rings is 1. The lowest BCUT2D eigenvalue weighted by Gasteiger charge is -2.11. The number of aromatic nitrogens is 3. The Morgan fingerprint density at radius 1 is 1.12 bits per heavy atom. The maximum absolute atomic E-state index is 12.8. The van der Waals surface area contributed by atoms with Crippen LogP contribution < -0.4 is 0 Å². The van der Waals surface area contributed by atoms with Gasteiger partial charge in [-0.2, -0.15) is 5.26 Å². The first-order valence-electron chi connectivity index (χ1n) is 9.21. The first kappa shape index (κ1) is 16.0. The molecule has 1 aliphatic heterocycles. The van der Waals surface area contributed by atoms with Crippen molar-refractivity contribution in [3.8, 4) is 6.07 Å². The van der Waals surface area contributed by atoms with Crippen LogP contribution in [-0.2, 0) is 37.0 Å². The molecule has 2 aliphatic rings. The summed E-state index contributed by atoms with van der Waals surface area (Å²) in [5.74, 6) is 0.538. The maximum Gasteiger partial charge on any atom is 0.165 e. The van der Waals surface area contributed by atoms with Crippen LogP contribution in [0, 0.1) is 11.3 Å². The molecule has 0 bridgehead atoms. The molecule has 0 fully saturated rings. The predicted molar refractivity (Wildman–Crippen MR) is 93.1 cm³/mol. The van der Waals surface area contributed by atoms with Gasteiger partial charge in [0, 0.05) is 19.4 Å². The fraction of sp³-hybridized carbons (Fsp3) is 0.500. The summed E-state index contributed by atoms with van der Waals surface area (Å²) in [4.78, 5) is 12.8. The number of fused-ring (bicyclic) bond motifs is 2. The quantitative estimate of drug-likeness (QED) is 0.862. The van der Waals surface area contributed by atoms with Crippen LogP contribution >= 0.6 is 0 Å². The van der Waals surface area contributed by atoms with Crippen LogP contribution in [-0.4, -0.2) is 20.5 Å². The van der Waals surface area contributed by atoms with Gasteiger partial charge in [0.1, 0.15) is 5.82 Å². The van der Waals surface area contributed by atoms with Gasteiger partial charge in [-0.15, -0.1) is 10.2 Å². The lowest BCUT2D eigenvalue weighted by molar-refractivity contribution is -0.118. The fourth-order valence-corrected chi connectivity index (χ4v) is 4.03. The minimum absolute atomic E-state index is 0.0834. The molecule has 5 nitrogen and oxygen atoms in total. The fourth-order valence-electron chi connectivity index (χ4n) is 4.03. The number of ketones is 1. The molecule has 1 aliphatic carbocycles. The molecule has 0 saturated carbocycles. The molecular formula is C20H22N4O. The first-order valence-corrected chi connectivity index (χ1v) is 9.21.